The fourth-order valence-corrected chi connectivity index (χ4v) is 4.25. The Kier molecular flexibility index (Phi) is 8.81. The molecule has 2 aromatic rings. The molecule has 1 aromatic carbocycles. The summed E-state index contributed by atoms with van der Waals surface area (Å²) in [4.78, 5) is 15.4. The third kappa shape index (κ3) is 6.50. The van der Waals surface area contributed by atoms with E-state index in [4.69, 9.17) is 25.8 Å². The summed E-state index contributed by atoms with van der Waals surface area (Å²) in [5.74, 6) is -1.43. The molecule has 0 unspecified atom stereocenters. The maximum Gasteiger partial charge on any atom is 0.297 e. The van der Waals surface area contributed by atoms with Gasteiger partial charge in [0.25, 0.3) is 12.4 Å². The number of fused-ring (bicyclic) bond motifs is 1. The molecule has 0 saturated heterocycles. The molecule has 184 valence electrons. The summed E-state index contributed by atoms with van der Waals surface area (Å²) in [5.41, 5.74) is 0.150. The van der Waals surface area contributed by atoms with Gasteiger partial charge in [-0.1, -0.05) is 11.6 Å². The number of hydrogen-bond acceptors (Lipinski definition) is 5. The molecule has 6 nitrogen and oxygen atoms in total. The summed E-state index contributed by atoms with van der Waals surface area (Å²) in [7, 11) is 1.59. The highest BCUT2D eigenvalue weighted by Crippen LogP contribution is 2.37. The molecule has 11 heteroatoms. The van der Waals surface area contributed by atoms with E-state index in [2.05, 4.69) is 4.98 Å². The summed E-state index contributed by atoms with van der Waals surface area (Å²) < 4.78 is 70.6. The van der Waals surface area contributed by atoms with Crippen molar-refractivity contribution in [1.29, 1.82) is 0 Å². The van der Waals surface area contributed by atoms with Gasteiger partial charge >= 0.3 is 0 Å². The lowest BCUT2D eigenvalue weighted by molar-refractivity contribution is -0.119. The number of ether oxygens (including phenoxy) is 3. The van der Waals surface area contributed by atoms with Crippen molar-refractivity contribution in [2.75, 3.05) is 19.9 Å². The van der Waals surface area contributed by atoms with Gasteiger partial charge in [-0.15, -0.1) is 0 Å². The van der Waals surface area contributed by atoms with Crippen molar-refractivity contribution in [1.82, 2.24) is 9.55 Å². The number of carbonyl (C=O) groups is 1. The van der Waals surface area contributed by atoms with Gasteiger partial charge < -0.3 is 19.0 Å². The number of Topliss-reactive ketones (excluding diaryl/α,β-unsaturated/α-hetero) is 1. The van der Waals surface area contributed by atoms with Gasteiger partial charge in [0, 0.05) is 25.5 Å². The fourth-order valence-electron chi connectivity index (χ4n) is 3.93. The zero-order valence-electron chi connectivity index (χ0n) is 18.5. The van der Waals surface area contributed by atoms with Crippen molar-refractivity contribution < 1.29 is 36.6 Å². The number of aromatic nitrogens is 2. The van der Waals surface area contributed by atoms with E-state index >= 15 is 0 Å². The minimum atomic E-state index is -2.72. The van der Waals surface area contributed by atoms with Crippen LogP contribution in [0.3, 0.4) is 0 Å². The Morgan fingerprint density at radius 2 is 1.91 bits per heavy atom. The third-order valence-electron chi connectivity index (χ3n) is 5.58. The molecule has 3 rings (SSSR count). The van der Waals surface area contributed by atoms with E-state index in [1.54, 1.807) is 7.05 Å². The number of rotatable bonds is 11. The van der Waals surface area contributed by atoms with Crippen LogP contribution >= 0.6 is 11.6 Å². The van der Waals surface area contributed by atoms with E-state index in [9.17, 15) is 22.4 Å². The van der Waals surface area contributed by atoms with Crippen molar-refractivity contribution in [3.8, 4) is 11.8 Å². The van der Waals surface area contributed by atoms with Crippen molar-refractivity contribution in [2.45, 2.75) is 57.7 Å². The van der Waals surface area contributed by atoms with Gasteiger partial charge in [0.05, 0.1) is 24.9 Å². The monoisotopic (exact) mass is 494 g/mol. The van der Waals surface area contributed by atoms with Crippen molar-refractivity contribution in [3.63, 3.8) is 0 Å². The van der Waals surface area contributed by atoms with Crippen molar-refractivity contribution in [2.24, 2.45) is 13.0 Å². The molecule has 0 radical (unpaired) electrons. The van der Waals surface area contributed by atoms with Gasteiger partial charge in [-0.05, 0) is 32.6 Å². The molecule has 1 saturated carbocycles. The molecule has 1 aliphatic carbocycles. The molecule has 1 aromatic heterocycles. The number of benzene rings is 1. The van der Waals surface area contributed by atoms with Gasteiger partial charge in [0.1, 0.15) is 34.8 Å². The quantitative estimate of drug-likeness (QED) is 0.398. The van der Waals surface area contributed by atoms with Crippen LogP contribution in [0.1, 0.15) is 39.0 Å². The maximum atomic E-state index is 14.5. The minimum Gasteiger partial charge on any atom is -0.486 e. The van der Waals surface area contributed by atoms with E-state index in [-0.39, 0.29) is 58.8 Å². The van der Waals surface area contributed by atoms with Crippen LogP contribution in [-0.2, 0) is 16.6 Å². The Morgan fingerprint density at radius 1 is 1.24 bits per heavy atom. The number of halogens is 5. The molecule has 1 atom stereocenters. The van der Waals surface area contributed by atoms with E-state index in [1.807, 2.05) is 0 Å². The molecule has 0 N–H and O–H groups in total. The Bertz CT molecular complexity index is 964. The van der Waals surface area contributed by atoms with Crippen LogP contribution in [0.15, 0.2) is 6.07 Å². The Labute approximate surface area is 194 Å². The largest absolute Gasteiger partial charge is 0.486 e. The molecule has 1 fully saturated rings. The Morgan fingerprint density at radius 3 is 2.52 bits per heavy atom. The second kappa shape index (κ2) is 11.4. The summed E-state index contributed by atoms with van der Waals surface area (Å²) in [6.07, 6.45) is -0.113. The highest BCUT2D eigenvalue weighted by molar-refractivity contribution is 6.36. The van der Waals surface area contributed by atoms with E-state index < -0.39 is 31.4 Å². The minimum absolute atomic E-state index is 0.0259. The molecule has 1 aliphatic rings. The van der Waals surface area contributed by atoms with Crippen LogP contribution < -0.4 is 9.47 Å². The first-order valence-corrected chi connectivity index (χ1v) is 11.2. The average molecular weight is 495 g/mol. The van der Waals surface area contributed by atoms with Crippen LogP contribution in [0.5, 0.6) is 11.8 Å². The van der Waals surface area contributed by atoms with Crippen LogP contribution in [0.25, 0.3) is 11.0 Å². The lowest BCUT2D eigenvalue weighted by Crippen LogP contribution is -2.30. The van der Waals surface area contributed by atoms with Crippen LogP contribution in [0.2, 0.25) is 5.02 Å². The summed E-state index contributed by atoms with van der Waals surface area (Å²) >= 11 is 6.26. The fraction of sp³-hybridized carbons (Fsp3) is 0.636. The zero-order chi connectivity index (χ0) is 24.1. The number of carbonyl (C=O) groups excluding carboxylic acids is 1. The zero-order valence-corrected chi connectivity index (χ0v) is 19.2. The second-order valence-corrected chi connectivity index (χ2v) is 8.68. The predicted molar refractivity (Wildman–Crippen MR) is 115 cm³/mol. The van der Waals surface area contributed by atoms with Crippen molar-refractivity contribution in [3.05, 3.63) is 16.9 Å². The topological polar surface area (TPSA) is 62.6 Å². The van der Waals surface area contributed by atoms with Gasteiger partial charge in [0.2, 0.25) is 0 Å². The Hall–Kier alpha value is -2.07. The first kappa shape index (κ1) is 25.6. The highest BCUT2D eigenvalue weighted by Gasteiger charge is 2.27. The lowest BCUT2D eigenvalue weighted by Gasteiger charge is -2.29. The van der Waals surface area contributed by atoms with Gasteiger partial charge in [-0.2, -0.15) is 4.98 Å². The maximum absolute atomic E-state index is 14.5. The van der Waals surface area contributed by atoms with Gasteiger partial charge in [-0.3, -0.25) is 8.96 Å². The van der Waals surface area contributed by atoms with Crippen LogP contribution in [-0.4, -0.2) is 53.9 Å². The summed E-state index contributed by atoms with van der Waals surface area (Å²) in [6, 6.07) is 1.09. The van der Waals surface area contributed by atoms with E-state index in [1.165, 1.54) is 11.5 Å². The molecule has 0 spiro atoms. The average Bonchev–Trinajstić information content (AvgIpc) is 3.10. The van der Waals surface area contributed by atoms with E-state index in [0.29, 0.717) is 25.7 Å². The van der Waals surface area contributed by atoms with Crippen LogP contribution in [0.4, 0.5) is 17.6 Å². The first-order valence-electron chi connectivity index (χ1n) is 10.8. The molecule has 1 heterocycles. The molecule has 0 amide bonds. The summed E-state index contributed by atoms with van der Waals surface area (Å²) in [6.45, 7) is 0.129. The molecule has 0 bridgehead atoms. The highest BCUT2D eigenvalue weighted by atomic mass is 35.5. The Balaban J connectivity index is 1.61. The van der Waals surface area contributed by atoms with Crippen LogP contribution in [0, 0.1) is 11.7 Å². The van der Waals surface area contributed by atoms with E-state index in [0.717, 1.165) is 6.07 Å². The number of hydrogen-bond donors (Lipinski definition) is 0. The smallest absolute Gasteiger partial charge is 0.297 e. The molecule has 0 aliphatic heterocycles. The molecular weight excluding hydrogens is 468 g/mol. The number of imidazole rings is 1. The number of alkyl halides is 3. The SMILES string of the molecule is CC(=O)C[C@@H](CF)COC1CCC(Oc2nc3c(F)cc(OCC(F)F)c(Cl)c3n2C)CC1. The number of nitrogens with zero attached hydrogens (tertiary/aromatic N) is 2. The number of ketones is 1. The first-order chi connectivity index (χ1) is 15.7. The molecule has 33 heavy (non-hydrogen) atoms. The molecular formula is C22H27ClF4N2O4. The van der Waals surface area contributed by atoms with Crippen molar-refractivity contribution >= 4 is 28.4 Å². The van der Waals surface area contributed by atoms with Gasteiger partial charge in [0.15, 0.2) is 5.82 Å². The predicted octanol–water partition coefficient (Wildman–Crippen LogP) is 5.28. The normalized spacial score (nSPS) is 19.8. The third-order valence-corrected chi connectivity index (χ3v) is 5.95. The summed E-state index contributed by atoms with van der Waals surface area (Å²) in [5, 5.41) is -0.0259. The second-order valence-electron chi connectivity index (χ2n) is 8.30. The van der Waals surface area contributed by atoms with Gasteiger partial charge in [-0.25, -0.2) is 13.2 Å². The lowest BCUT2D eigenvalue weighted by atomic mass is 9.94. The standard InChI is InChI=1S/C22H27ClF4N2O4/c1-12(30)7-13(9-24)10-31-14-3-5-15(6-4-14)33-22-28-20-16(25)8-17(32-11-18(26)27)19(23)21(20)29(22)2/h8,13-15,18H,3-7,9-11H2,1-2H3/t13-,14?,15?/m0/s1. The number of aryl methyl sites for hydroxylation is 1.